The van der Waals surface area contributed by atoms with Gasteiger partial charge in [-0.15, -0.1) is 11.3 Å². The molecule has 0 atom stereocenters. The van der Waals surface area contributed by atoms with E-state index >= 15 is 0 Å². The van der Waals surface area contributed by atoms with Gasteiger partial charge in [0.15, 0.2) is 0 Å². The molecule has 1 N–H and O–H groups in total. The molecule has 2 aromatic heterocycles. The number of aromatic nitrogens is 2. The smallest absolute Gasteiger partial charge is 0.348 e. The largest absolute Gasteiger partial charge is 0.462 e. The standard InChI is InChI=1S/C20H20FN3O3S/c1-4-27-19(25)16-11(2)15-17(22-12(3)23-18(15)28-16)24-9-20(26,10-24)13-5-7-14(21)8-6-13/h5-8,26H,4,9-10H2,1-3H3. The highest BCUT2D eigenvalue weighted by Gasteiger charge is 2.44. The summed E-state index contributed by atoms with van der Waals surface area (Å²) in [6.45, 7) is 6.39. The van der Waals surface area contributed by atoms with Crippen molar-refractivity contribution in [2.45, 2.75) is 26.4 Å². The van der Waals surface area contributed by atoms with Crippen LogP contribution in [0, 0.1) is 19.7 Å². The van der Waals surface area contributed by atoms with E-state index in [2.05, 4.69) is 9.97 Å². The number of nitrogens with zero attached hydrogens (tertiary/aromatic N) is 3. The average Bonchev–Trinajstić information content (AvgIpc) is 2.96. The maximum atomic E-state index is 13.2. The van der Waals surface area contributed by atoms with Crippen LogP contribution in [0.2, 0.25) is 0 Å². The number of rotatable bonds is 4. The lowest BCUT2D eigenvalue weighted by Gasteiger charge is -2.47. The second kappa shape index (κ2) is 6.79. The molecule has 1 aromatic carbocycles. The average molecular weight is 401 g/mol. The number of benzene rings is 1. The molecule has 1 fully saturated rings. The number of aryl methyl sites for hydroxylation is 2. The quantitative estimate of drug-likeness (QED) is 0.676. The number of esters is 1. The minimum atomic E-state index is -1.06. The van der Waals surface area contributed by atoms with E-state index in [1.165, 1.54) is 23.5 Å². The molecule has 1 saturated heterocycles. The molecule has 1 aliphatic rings. The van der Waals surface area contributed by atoms with E-state index in [1.807, 2.05) is 11.8 Å². The first-order valence-electron chi connectivity index (χ1n) is 9.00. The maximum Gasteiger partial charge on any atom is 0.348 e. The third-order valence-corrected chi connectivity index (χ3v) is 6.10. The van der Waals surface area contributed by atoms with Crippen LogP contribution in [0.3, 0.4) is 0 Å². The normalized spacial score (nSPS) is 15.5. The van der Waals surface area contributed by atoms with Crippen LogP contribution in [0.25, 0.3) is 10.2 Å². The Hall–Kier alpha value is -2.58. The third kappa shape index (κ3) is 3.02. The van der Waals surface area contributed by atoms with Crippen molar-refractivity contribution in [3.63, 3.8) is 0 Å². The second-order valence-electron chi connectivity index (χ2n) is 6.95. The van der Waals surface area contributed by atoms with Gasteiger partial charge in [-0.2, -0.15) is 0 Å². The number of aliphatic hydroxyl groups is 1. The van der Waals surface area contributed by atoms with E-state index < -0.39 is 5.60 Å². The molecule has 0 radical (unpaired) electrons. The Labute approximate surface area is 165 Å². The molecule has 0 spiro atoms. The van der Waals surface area contributed by atoms with Gasteiger partial charge >= 0.3 is 5.97 Å². The predicted octanol–water partition coefficient (Wildman–Crippen LogP) is 3.33. The minimum absolute atomic E-state index is 0.306. The summed E-state index contributed by atoms with van der Waals surface area (Å²) >= 11 is 1.29. The molecule has 146 valence electrons. The highest BCUT2D eigenvalue weighted by molar-refractivity contribution is 7.20. The van der Waals surface area contributed by atoms with Crippen molar-refractivity contribution < 1.29 is 19.0 Å². The van der Waals surface area contributed by atoms with E-state index in [9.17, 15) is 14.3 Å². The van der Waals surface area contributed by atoms with E-state index in [-0.39, 0.29) is 11.8 Å². The lowest BCUT2D eigenvalue weighted by atomic mass is 9.86. The fraction of sp³-hybridized carbons (Fsp3) is 0.350. The van der Waals surface area contributed by atoms with Gasteiger partial charge in [0.05, 0.1) is 25.1 Å². The van der Waals surface area contributed by atoms with Gasteiger partial charge in [0.1, 0.15) is 32.8 Å². The number of fused-ring (bicyclic) bond motifs is 1. The van der Waals surface area contributed by atoms with Crippen molar-refractivity contribution >= 4 is 33.3 Å². The highest BCUT2D eigenvalue weighted by atomic mass is 32.1. The van der Waals surface area contributed by atoms with Gasteiger partial charge in [-0.05, 0) is 44.0 Å². The van der Waals surface area contributed by atoms with Crippen molar-refractivity contribution in [2.75, 3.05) is 24.6 Å². The first-order valence-corrected chi connectivity index (χ1v) is 9.82. The fourth-order valence-electron chi connectivity index (χ4n) is 3.52. The zero-order valence-corrected chi connectivity index (χ0v) is 16.6. The predicted molar refractivity (Wildman–Crippen MR) is 105 cm³/mol. The summed E-state index contributed by atoms with van der Waals surface area (Å²) in [6.07, 6.45) is 0. The Bertz CT molecular complexity index is 1060. The van der Waals surface area contributed by atoms with Gasteiger partial charge in [-0.3, -0.25) is 0 Å². The number of carbonyl (C=O) groups is 1. The molecular weight excluding hydrogens is 381 g/mol. The Morgan fingerprint density at radius 3 is 2.61 bits per heavy atom. The molecule has 0 saturated carbocycles. The van der Waals surface area contributed by atoms with Crippen LogP contribution < -0.4 is 4.90 Å². The van der Waals surface area contributed by atoms with Gasteiger partial charge in [-0.25, -0.2) is 19.2 Å². The molecule has 1 aliphatic heterocycles. The van der Waals surface area contributed by atoms with Crippen molar-refractivity contribution in [3.05, 3.63) is 51.9 Å². The molecule has 4 rings (SSSR count). The zero-order valence-electron chi connectivity index (χ0n) is 15.8. The van der Waals surface area contributed by atoms with Gasteiger partial charge in [0.25, 0.3) is 0 Å². The number of ether oxygens (including phenoxy) is 1. The van der Waals surface area contributed by atoms with Crippen LogP contribution in [0.5, 0.6) is 0 Å². The van der Waals surface area contributed by atoms with Gasteiger partial charge in [0.2, 0.25) is 0 Å². The van der Waals surface area contributed by atoms with Gasteiger partial charge < -0.3 is 14.7 Å². The van der Waals surface area contributed by atoms with Crippen molar-refractivity contribution in [1.82, 2.24) is 9.97 Å². The van der Waals surface area contributed by atoms with Crippen LogP contribution in [-0.2, 0) is 10.3 Å². The summed E-state index contributed by atoms with van der Waals surface area (Å²) in [7, 11) is 0. The second-order valence-corrected chi connectivity index (χ2v) is 7.94. The summed E-state index contributed by atoms with van der Waals surface area (Å²) in [5.74, 6) is 0.588. The molecule has 8 heteroatoms. The lowest BCUT2D eigenvalue weighted by molar-refractivity contribution is 0.00715. The number of β-amino-alcohol motifs (C(OH)–C–C–N with tert-alkyl or cyclic N) is 1. The Kier molecular flexibility index (Phi) is 4.55. The molecular formula is C20H20FN3O3S. The zero-order chi connectivity index (χ0) is 20.1. The molecule has 3 aromatic rings. The minimum Gasteiger partial charge on any atom is -0.462 e. The van der Waals surface area contributed by atoms with E-state index in [0.717, 1.165) is 15.8 Å². The Balaban J connectivity index is 1.70. The molecule has 0 aliphatic carbocycles. The summed E-state index contributed by atoms with van der Waals surface area (Å²) in [4.78, 5) is 24.5. The number of anilines is 1. The number of hydrogen-bond acceptors (Lipinski definition) is 7. The molecule has 0 bridgehead atoms. The maximum absolute atomic E-state index is 13.2. The molecule has 0 unspecified atom stereocenters. The van der Waals surface area contributed by atoms with Crippen molar-refractivity contribution in [3.8, 4) is 0 Å². The third-order valence-electron chi connectivity index (χ3n) is 4.93. The topological polar surface area (TPSA) is 75.5 Å². The first-order chi connectivity index (χ1) is 13.3. The van der Waals surface area contributed by atoms with Gasteiger partial charge in [0, 0.05) is 0 Å². The summed E-state index contributed by atoms with van der Waals surface area (Å²) in [5.41, 5.74) is 0.388. The SMILES string of the molecule is CCOC(=O)c1sc2nc(C)nc(N3CC(O)(c4ccc(F)cc4)C3)c2c1C. The van der Waals surface area contributed by atoms with Crippen LogP contribution in [0.1, 0.15) is 33.5 Å². The van der Waals surface area contributed by atoms with Crippen molar-refractivity contribution in [2.24, 2.45) is 0 Å². The van der Waals surface area contributed by atoms with E-state index in [0.29, 0.717) is 41.8 Å². The Morgan fingerprint density at radius 1 is 1.29 bits per heavy atom. The number of carbonyl (C=O) groups excluding carboxylic acids is 1. The van der Waals surface area contributed by atoms with Crippen LogP contribution >= 0.6 is 11.3 Å². The van der Waals surface area contributed by atoms with E-state index in [1.54, 1.807) is 26.0 Å². The molecule has 3 heterocycles. The van der Waals surface area contributed by atoms with Crippen LogP contribution in [0.15, 0.2) is 24.3 Å². The fourth-order valence-corrected chi connectivity index (χ4v) is 4.63. The summed E-state index contributed by atoms with van der Waals surface area (Å²) in [5, 5.41) is 11.7. The number of halogens is 1. The summed E-state index contributed by atoms with van der Waals surface area (Å²) in [6, 6.07) is 5.89. The summed E-state index contributed by atoms with van der Waals surface area (Å²) < 4.78 is 18.3. The van der Waals surface area contributed by atoms with E-state index in [4.69, 9.17) is 4.74 Å². The van der Waals surface area contributed by atoms with Crippen LogP contribution in [0.4, 0.5) is 10.2 Å². The van der Waals surface area contributed by atoms with Crippen LogP contribution in [-0.4, -0.2) is 40.7 Å². The monoisotopic (exact) mass is 401 g/mol. The molecule has 28 heavy (non-hydrogen) atoms. The van der Waals surface area contributed by atoms with Gasteiger partial charge in [-0.1, -0.05) is 12.1 Å². The first kappa shape index (κ1) is 18.8. The number of hydrogen-bond donors (Lipinski definition) is 1. The highest BCUT2D eigenvalue weighted by Crippen LogP contribution is 2.41. The van der Waals surface area contributed by atoms with Crippen molar-refractivity contribution in [1.29, 1.82) is 0 Å². The number of thiophene rings is 1. The molecule has 0 amide bonds. The Morgan fingerprint density at radius 2 is 1.96 bits per heavy atom. The molecule has 6 nitrogen and oxygen atoms in total. The lowest BCUT2D eigenvalue weighted by Crippen LogP contribution is -2.60.